The highest BCUT2D eigenvalue weighted by atomic mass is 32.2. The Bertz CT molecular complexity index is 804. The monoisotopic (exact) mass is 418 g/mol. The van der Waals surface area contributed by atoms with Gasteiger partial charge in [0.2, 0.25) is 5.91 Å². The zero-order valence-corrected chi connectivity index (χ0v) is 18.0. The maximum Gasteiger partial charge on any atom is 0.357 e. The Hall–Kier alpha value is -1.86. The van der Waals surface area contributed by atoms with Gasteiger partial charge in [-0.25, -0.2) is 9.78 Å². The SMILES string of the molecule is CCCc1ccc(C2CCC(=O)N2CCSc2nc(C(=O)OCC)cs2)cc1. The highest BCUT2D eigenvalue weighted by Crippen LogP contribution is 2.33. The number of aryl methyl sites for hydroxylation is 1. The molecule has 0 saturated carbocycles. The third-order valence-electron chi connectivity index (χ3n) is 4.76. The van der Waals surface area contributed by atoms with Crippen molar-refractivity contribution in [2.75, 3.05) is 18.9 Å². The molecule has 2 heterocycles. The molecule has 1 aliphatic heterocycles. The number of carbonyl (C=O) groups excluding carboxylic acids is 2. The van der Waals surface area contributed by atoms with Gasteiger partial charge in [0.25, 0.3) is 0 Å². The van der Waals surface area contributed by atoms with E-state index in [2.05, 4.69) is 36.2 Å². The highest BCUT2D eigenvalue weighted by Gasteiger charge is 2.31. The molecule has 0 N–H and O–H groups in total. The standard InChI is InChI=1S/C21H26N2O3S2/c1-3-5-15-6-8-16(9-7-15)18-10-11-19(24)23(18)12-13-27-21-22-17(14-28-21)20(25)26-4-2/h6-9,14,18H,3-5,10-13H2,1-2H3. The van der Waals surface area contributed by atoms with E-state index in [9.17, 15) is 9.59 Å². The molecule has 1 fully saturated rings. The minimum absolute atomic E-state index is 0.162. The average Bonchev–Trinajstić information content (AvgIpc) is 3.31. The molecule has 5 nitrogen and oxygen atoms in total. The average molecular weight is 419 g/mol. The molecule has 1 unspecified atom stereocenters. The molecule has 1 aromatic carbocycles. The number of likely N-dealkylation sites (tertiary alicyclic amines) is 1. The van der Waals surface area contributed by atoms with Crippen LogP contribution in [-0.4, -0.2) is 40.7 Å². The maximum absolute atomic E-state index is 12.4. The van der Waals surface area contributed by atoms with Crippen LogP contribution in [0.1, 0.15) is 60.8 Å². The van der Waals surface area contributed by atoms with Crippen molar-refractivity contribution in [3.05, 3.63) is 46.5 Å². The number of amides is 1. The minimum Gasteiger partial charge on any atom is -0.461 e. The number of aromatic nitrogens is 1. The Morgan fingerprint density at radius 1 is 1.32 bits per heavy atom. The van der Waals surface area contributed by atoms with Gasteiger partial charge in [0.15, 0.2) is 10.0 Å². The van der Waals surface area contributed by atoms with Gasteiger partial charge >= 0.3 is 5.97 Å². The van der Waals surface area contributed by atoms with Crippen LogP contribution >= 0.6 is 23.1 Å². The largest absolute Gasteiger partial charge is 0.461 e. The van der Waals surface area contributed by atoms with Gasteiger partial charge in [0, 0.05) is 24.1 Å². The van der Waals surface area contributed by atoms with E-state index in [1.54, 1.807) is 24.1 Å². The van der Waals surface area contributed by atoms with Crippen LogP contribution in [0, 0.1) is 0 Å². The summed E-state index contributed by atoms with van der Waals surface area (Å²) < 4.78 is 5.80. The molecule has 150 valence electrons. The van der Waals surface area contributed by atoms with Crippen LogP contribution in [0.15, 0.2) is 34.0 Å². The van der Waals surface area contributed by atoms with Crippen LogP contribution in [0.5, 0.6) is 0 Å². The van der Waals surface area contributed by atoms with Gasteiger partial charge in [0.05, 0.1) is 12.6 Å². The van der Waals surface area contributed by atoms with Crippen LogP contribution in [-0.2, 0) is 16.0 Å². The summed E-state index contributed by atoms with van der Waals surface area (Å²) in [4.78, 5) is 30.4. The van der Waals surface area contributed by atoms with Crippen LogP contribution < -0.4 is 0 Å². The van der Waals surface area contributed by atoms with Gasteiger partial charge in [0.1, 0.15) is 0 Å². The fourth-order valence-electron chi connectivity index (χ4n) is 3.41. The van der Waals surface area contributed by atoms with Crippen LogP contribution in [0.4, 0.5) is 0 Å². The first-order valence-corrected chi connectivity index (χ1v) is 11.6. The number of nitrogens with zero attached hydrogens (tertiary/aromatic N) is 2. The van der Waals surface area contributed by atoms with Crippen LogP contribution in [0.25, 0.3) is 0 Å². The molecule has 1 aliphatic rings. The van der Waals surface area contributed by atoms with Crippen molar-refractivity contribution in [3.63, 3.8) is 0 Å². The Morgan fingerprint density at radius 2 is 2.11 bits per heavy atom. The topological polar surface area (TPSA) is 59.5 Å². The second kappa shape index (κ2) is 10.1. The lowest BCUT2D eigenvalue weighted by Crippen LogP contribution is -2.29. The summed E-state index contributed by atoms with van der Waals surface area (Å²) in [5.41, 5.74) is 2.92. The fourth-order valence-corrected chi connectivity index (χ4v) is 5.21. The van der Waals surface area contributed by atoms with Crippen LogP contribution in [0.2, 0.25) is 0 Å². The zero-order valence-electron chi connectivity index (χ0n) is 16.3. The molecule has 1 amide bonds. The van der Waals surface area contributed by atoms with Crippen molar-refractivity contribution in [3.8, 4) is 0 Å². The number of benzene rings is 1. The molecule has 0 spiro atoms. The van der Waals surface area contributed by atoms with Gasteiger partial charge in [-0.2, -0.15) is 0 Å². The van der Waals surface area contributed by atoms with Gasteiger partial charge in [-0.15, -0.1) is 11.3 Å². The fraction of sp³-hybridized carbons (Fsp3) is 0.476. The second-order valence-electron chi connectivity index (χ2n) is 6.70. The number of hydrogen-bond acceptors (Lipinski definition) is 6. The molecule has 0 aliphatic carbocycles. The predicted molar refractivity (Wildman–Crippen MR) is 113 cm³/mol. The number of rotatable bonds is 9. The highest BCUT2D eigenvalue weighted by molar-refractivity contribution is 8.01. The predicted octanol–water partition coefficient (Wildman–Crippen LogP) is 4.73. The summed E-state index contributed by atoms with van der Waals surface area (Å²) in [6.45, 7) is 4.98. The molecule has 7 heteroatoms. The van der Waals surface area contributed by atoms with E-state index in [-0.39, 0.29) is 17.9 Å². The Morgan fingerprint density at radius 3 is 2.82 bits per heavy atom. The van der Waals surface area contributed by atoms with Crippen molar-refractivity contribution in [1.29, 1.82) is 0 Å². The van der Waals surface area contributed by atoms with Crippen molar-refractivity contribution >= 4 is 35.0 Å². The number of hydrogen-bond donors (Lipinski definition) is 0. The number of carbonyl (C=O) groups is 2. The van der Waals surface area contributed by atoms with Gasteiger partial charge < -0.3 is 9.64 Å². The van der Waals surface area contributed by atoms with Crippen molar-refractivity contribution in [2.45, 2.75) is 49.9 Å². The molecule has 2 aromatic rings. The molecular weight excluding hydrogens is 392 g/mol. The first-order chi connectivity index (χ1) is 13.6. The number of thiazole rings is 1. The first kappa shape index (κ1) is 20.9. The molecule has 0 radical (unpaired) electrons. The molecule has 0 bridgehead atoms. The number of thioether (sulfide) groups is 1. The molecule has 1 saturated heterocycles. The second-order valence-corrected chi connectivity index (χ2v) is 8.90. The number of ether oxygens (including phenoxy) is 1. The molecule has 28 heavy (non-hydrogen) atoms. The Labute approximate surface area is 174 Å². The lowest BCUT2D eigenvalue weighted by molar-refractivity contribution is -0.128. The maximum atomic E-state index is 12.4. The summed E-state index contributed by atoms with van der Waals surface area (Å²) in [7, 11) is 0. The van der Waals surface area contributed by atoms with E-state index >= 15 is 0 Å². The van der Waals surface area contributed by atoms with Gasteiger partial charge in [-0.3, -0.25) is 4.79 Å². The van der Waals surface area contributed by atoms with Gasteiger partial charge in [-0.1, -0.05) is 49.4 Å². The summed E-state index contributed by atoms with van der Waals surface area (Å²) in [6.07, 6.45) is 3.71. The lowest BCUT2D eigenvalue weighted by atomic mass is 10.0. The zero-order chi connectivity index (χ0) is 19.9. The quantitative estimate of drug-likeness (QED) is 0.435. The van der Waals surface area contributed by atoms with E-state index in [0.717, 1.165) is 29.4 Å². The first-order valence-electron chi connectivity index (χ1n) is 9.76. The molecule has 3 rings (SSSR count). The lowest BCUT2D eigenvalue weighted by Gasteiger charge is -2.25. The summed E-state index contributed by atoms with van der Waals surface area (Å²) in [5.74, 6) is 0.591. The smallest absolute Gasteiger partial charge is 0.357 e. The minimum atomic E-state index is -0.382. The summed E-state index contributed by atoms with van der Waals surface area (Å²) in [6, 6.07) is 8.86. The third-order valence-corrected chi connectivity index (χ3v) is 6.76. The Balaban J connectivity index is 1.56. The van der Waals surface area contributed by atoms with E-state index in [4.69, 9.17) is 4.74 Å². The van der Waals surface area contributed by atoms with Crippen molar-refractivity contribution < 1.29 is 14.3 Å². The summed E-state index contributed by atoms with van der Waals surface area (Å²) >= 11 is 3.02. The Kier molecular flexibility index (Phi) is 7.50. The normalized spacial score (nSPS) is 16.6. The van der Waals surface area contributed by atoms with Crippen molar-refractivity contribution in [1.82, 2.24) is 9.88 Å². The molecular formula is C21H26N2O3S2. The van der Waals surface area contributed by atoms with E-state index in [1.807, 2.05) is 4.90 Å². The third kappa shape index (κ3) is 5.14. The van der Waals surface area contributed by atoms with Crippen LogP contribution in [0.3, 0.4) is 0 Å². The van der Waals surface area contributed by atoms with E-state index in [0.29, 0.717) is 25.3 Å². The van der Waals surface area contributed by atoms with E-state index in [1.165, 1.54) is 22.5 Å². The summed E-state index contributed by atoms with van der Waals surface area (Å²) in [5, 5.41) is 1.72. The van der Waals surface area contributed by atoms with Gasteiger partial charge in [-0.05, 0) is 30.9 Å². The number of esters is 1. The van der Waals surface area contributed by atoms with Crippen molar-refractivity contribution in [2.24, 2.45) is 0 Å². The molecule has 1 aromatic heterocycles. The van der Waals surface area contributed by atoms with E-state index < -0.39 is 0 Å². The molecule has 1 atom stereocenters.